The number of rotatable bonds is 5. The van der Waals surface area contributed by atoms with Crippen molar-refractivity contribution in [3.05, 3.63) is 35.9 Å². The van der Waals surface area contributed by atoms with E-state index in [2.05, 4.69) is 5.32 Å². The molecular formula is C20H28N2O3. The van der Waals surface area contributed by atoms with E-state index < -0.39 is 12.0 Å². The Bertz CT molecular complexity index is 590. The fourth-order valence-corrected chi connectivity index (χ4v) is 4.48. The van der Waals surface area contributed by atoms with Crippen LogP contribution in [0.3, 0.4) is 0 Å². The third kappa shape index (κ3) is 4.21. The quantitative estimate of drug-likeness (QED) is 0.801. The van der Waals surface area contributed by atoms with Crippen molar-refractivity contribution < 1.29 is 14.3 Å². The lowest BCUT2D eigenvalue weighted by molar-refractivity contribution is -0.146. The van der Waals surface area contributed by atoms with Gasteiger partial charge in [0, 0.05) is 18.4 Å². The zero-order valence-corrected chi connectivity index (χ0v) is 14.8. The highest BCUT2D eigenvalue weighted by Crippen LogP contribution is 2.41. The Hall–Kier alpha value is -1.88. The summed E-state index contributed by atoms with van der Waals surface area (Å²) in [6, 6.07) is 9.27. The summed E-state index contributed by atoms with van der Waals surface area (Å²) in [7, 11) is 1.36. The van der Waals surface area contributed by atoms with Crippen molar-refractivity contribution in [2.24, 2.45) is 23.5 Å². The van der Waals surface area contributed by atoms with Crippen LogP contribution in [0.5, 0.6) is 0 Å². The standard InChI is InChI=1S/C20H28N2O3/c1-25-20(24)17(10-13-6-3-2-4-7-13)22-19(23)16-11-14-8-5-9-15(12-16)18(14)21/h2-4,6-7,14-18H,5,8-12,21H2,1H3,(H,22,23). The van der Waals surface area contributed by atoms with Gasteiger partial charge in [-0.15, -0.1) is 0 Å². The Morgan fingerprint density at radius 2 is 1.84 bits per heavy atom. The first-order valence-electron chi connectivity index (χ1n) is 9.26. The summed E-state index contributed by atoms with van der Waals surface area (Å²) in [6.45, 7) is 0. The van der Waals surface area contributed by atoms with Gasteiger partial charge in [-0.25, -0.2) is 4.79 Å². The number of benzene rings is 1. The van der Waals surface area contributed by atoms with Crippen molar-refractivity contribution >= 4 is 11.9 Å². The van der Waals surface area contributed by atoms with Crippen LogP contribution in [-0.4, -0.2) is 31.1 Å². The van der Waals surface area contributed by atoms with E-state index in [-0.39, 0.29) is 17.9 Å². The summed E-state index contributed by atoms with van der Waals surface area (Å²) in [5.74, 6) is 0.404. The normalized spacial score (nSPS) is 29.5. The second kappa shape index (κ2) is 8.00. The Balaban J connectivity index is 1.65. The van der Waals surface area contributed by atoms with Gasteiger partial charge in [-0.05, 0) is 43.1 Å². The van der Waals surface area contributed by atoms with E-state index in [9.17, 15) is 9.59 Å². The van der Waals surface area contributed by atoms with Crippen LogP contribution in [0.1, 0.15) is 37.7 Å². The summed E-state index contributed by atoms with van der Waals surface area (Å²) in [6.07, 6.45) is 5.57. The molecule has 2 aliphatic carbocycles. The summed E-state index contributed by atoms with van der Waals surface area (Å²) in [4.78, 5) is 24.9. The molecule has 0 saturated heterocycles. The molecular weight excluding hydrogens is 316 g/mol. The van der Waals surface area contributed by atoms with Crippen molar-refractivity contribution in [3.8, 4) is 0 Å². The molecule has 2 aliphatic rings. The molecule has 25 heavy (non-hydrogen) atoms. The van der Waals surface area contributed by atoms with E-state index >= 15 is 0 Å². The summed E-state index contributed by atoms with van der Waals surface area (Å²) in [5.41, 5.74) is 7.31. The lowest BCUT2D eigenvalue weighted by Gasteiger charge is -2.43. The number of methoxy groups -OCH3 is 1. The largest absolute Gasteiger partial charge is 0.467 e. The van der Waals surface area contributed by atoms with Gasteiger partial charge in [-0.3, -0.25) is 4.79 Å². The van der Waals surface area contributed by atoms with Crippen LogP contribution in [0, 0.1) is 17.8 Å². The number of nitrogens with one attached hydrogen (secondary N) is 1. The highest BCUT2D eigenvalue weighted by atomic mass is 16.5. The van der Waals surface area contributed by atoms with Crippen molar-refractivity contribution in [2.75, 3.05) is 7.11 Å². The fraction of sp³-hybridized carbons (Fsp3) is 0.600. The SMILES string of the molecule is COC(=O)C(Cc1ccccc1)NC(=O)C1CC2CCCC(C1)C2N. The smallest absolute Gasteiger partial charge is 0.328 e. The van der Waals surface area contributed by atoms with Crippen molar-refractivity contribution in [1.82, 2.24) is 5.32 Å². The molecule has 3 rings (SSSR count). The van der Waals surface area contributed by atoms with Crippen molar-refractivity contribution in [2.45, 2.75) is 50.6 Å². The summed E-state index contributed by atoms with van der Waals surface area (Å²) >= 11 is 0. The molecule has 3 atom stereocenters. The minimum absolute atomic E-state index is 0.0323. The van der Waals surface area contributed by atoms with E-state index in [1.807, 2.05) is 30.3 Å². The Kier molecular flexibility index (Phi) is 5.74. The number of hydrogen-bond donors (Lipinski definition) is 2. The van der Waals surface area contributed by atoms with Crippen LogP contribution in [0.25, 0.3) is 0 Å². The van der Waals surface area contributed by atoms with Gasteiger partial charge in [-0.2, -0.15) is 0 Å². The van der Waals surface area contributed by atoms with Gasteiger partial charge in [0.1, 0.15) is 6.04 Å². The molecule has 0 radical (unpaired) electrons. The predicted molar refractivity (Wildman–Crippen MR) is 95.6 cm³/mol. The summed E-state index contributed by atoms with van der Waals surface area (Å²) < 4.78 is 4.89. The molecule has 0 aromatic heterocycles. The molecule has 3 unspecified atom stereocenters. The molecule has 5 heteroatoms. The van der Waals surface area contributed by atoms with Crippen LogP contribution >= 0.6 is 0 Å². The maximum Gasteiger partial charge on any atom is 0.328 e. The molecule has 0 spiro atoms. The second-order valence-corrected chi connectivity index (χ2v) is 7.47. The maximum absolute atomic E-state index is 12.8. The number of esters is 1. The minimum atomic E-state index is -0.643. The average molecular weight is 344 g/mol. The number of carbonyl (C=O) groups is 2. The maximum atomic E-state index is 12.8. The molecule has 2 bridgehead atoms. The Labute approximate surface area is 149 Å². The Morgan fingerprint density at radius 3 is 2.44 bits per heavy atom. The molecule has 1 amide bonds. The average Bonchev–Trinajstić information content (AvgIpc) is 2.61. The molecule has 2 fully saturated rings. The van der Waals surface area contributed by atoms with E-state index in [0.29, 0.717) is 18.3 Å². The fourth-order valence-electron chi connectivity index (χ4n) is 4.48. The third-order valence-electron chi connectivity index (χ3n) is 5.87. The van der Waals surface area contributed by atoms with Gasteiger partial charge in [0.15, 0.2) is 0 Å². The molecule has 5 nitrogen and oxygen atoms in total. The minimum Gasteiger partial charge on any atom is -0.467 e. The van der Waals surface area contributed by atoms with Crippen LogP contribution in [0.15, 0.2) is 30.3 Å². The number of ether oxygens (including phenoxy) is 1. The van der Waals surface area contributed by atoms with Gasteiger partial charge in [0.05, 0.1) is 7.11 Å². The summed E-state index contributed by atoms with van der Waals surface area (Å²) in [5, 5.41) is 2.94. The van der Waals surface area contributed by atoms with Gasteiger partial charge in [-0.1, -0.05) is 36.8 Å². The third-order valence-corrected chi connectivity index (χ3v) is 5.87. The topological polar surface area (TPSA) is 81.4 Å². The molecule has 2 saturated carbocycles. The molecule has 136 valence electrons. The Morgan fingerprint density at radius 1 is 1.20 bits per heavy atom. The second-order valence-electron chi connectivity index (χ2n) is 7.47. The van der Waals surface area contributed by atoms with Gasteiger partial charge in [0.2, 0.25) is 5.91 Å². The van der Waals surface area contributed by atoms with Crippen molar-refractivity contribution in [3.63, 3.8) is 0 Å². The number of nitrogens with two attached hydrogens (primary N) is 1. The van der Waals surface area contributed by atoms with Gasteiger partial charge in [0.25, 0.3) is 0 Å². The van der Waals surface area contributed by atoms with E-state index in [1.54, 1.807) is 0 Å². The van der Waals surface area contributed by atoms with E-state index in [4.69, 9.17) is 10.5 Å². The monoisotopic (exact) mass is 344 g/mol. The molecule has 1 aromatic rings. The number of carbonyl (C=O) groups excluding carboxylic acids is 2. The van der Waals surface area contributed by atoms with Gasteiger partial charge >= 0.3 is 5.97 Å². The highest BCUT2D eigenvalue weighted by molar-refractivity contribution is 5.86. The van der Waals surface area contributed by atoms with Crippen LogP contribution < -0.4 is 11.1 Å². The van der Waals surface area contributed by atoms with Crippen LogP contribution in [-0.2, 0) is 20.7 Å². The zero-order valence-electron chi connectivity index (χ0n) is 14.8. The highest BCUT2D eigenvalue weighted by Gasteiger charge is 2.41. The molecule has 1 aromatic carbocycles. The first-order valence-corrected chi connectivity index (χ1v) is 9.26. The van der Waals surface area contributed by atoms with E-state index in [0.717, 1.165) is 31.2 Å². The molecule has 0 heterocycles. The van der Waals surface area contributed by atoms with Crippen LogP contribution in [0.4, 0.5) is 0 Å². The van der Waals surface area contributed by atoms with Crippen LogP contribution in [0.2, 0.25) is 0 Å². The predicted octanol–water partition coefficient (Wildman–Crippen LogP) is 2.04. The first kappa shape index (κ1) is 17.9. The first-order chi connectivity index (χ1) is 12.1. The van der Waals surface area contributed by atoms with Gasteiger partial charge < -0.3 is 15.8 Å². The molecule has 3 N–H and O–H groups in total. The number of fused-ring (bicyclic) bond motifs is 2. The van der Waals surface area contributed by atoms with E-state index in [1.165, 1.54) is 13.5 Å². The lowest BCUT2D eigenvalue weighted by Crippen LogP contribution is -2.51. The van der Waals surface area contributed by atoms with Crippen molar-refractivity contribution in [1.29, 1.82) is 0 Å². The lowest BCUT2D eigenvalue weighted by atomic mass is 9.65. The number of hydrogen-bond acceptors (Lipinski definition) is 4. The molecule has 0 aliphatic heterocycles. The number of amides is 1. The zero-order chi connectivity index (χ0) is 17.8.